The first-order valence-electron chi connectivity index (χ1n) is 14.6. The molecule has 0 heterocycles. The molecule has 0 N–H and O–H groups in total. The lowest BCUT2D eigenvalue weighted by molar-refractivity contribution is 1.11. The molecule has 0 spiro atoms. The van der Waals surface area contributed by atoms with E-state index < -0.39 is 0 Å². The molecule has 0 bridgehead atoms. The van der Waals surface area contributed by atoms with E-state index in [2.05, 4.69) is 180 Å². The Morgan fingerprint density at radius 2 is 1.14 bits per heavy atom. The van der Waals surface area contributed by atoms with Crippen LogP contribution in [0.4, 0.5) is 0 Å². The molecule has 7 aromatic carbocycles. The highest BCUT2D eigenvalue weighted by molar-refractivity contribution is 9.11. The Kier molecular flexibility index (Phi) is 7.29. The van der Waals surface area contributed by atoms with Gasteiger partial charge in [-0.3, -0.25) is 0 Å². The van der Waals surface area contributed by atoms with E-state index in [-0.39, 0.29) is 4.83 Å². The number of benzene rings is 7. The number of rotatable bonds is 4. The van der Waals surface area contributed by atoms with Crippen molar-refractivity contribution in [3.05, 3.63) is 165 Å². The second kappa shape index (κ2) is 11.3. The first-order valence-corrected chi connectivity index (χ1v) is 16.3. The Bertz CT molecular complexity index is 2250. The molecule has 0 aliphatic heterocycles. The van der Waals surface area contributed by atoms with Crippen LogP contribution in [0.3, 0.4) is 0 Å². The van der Waals surface area contributed by atoms with Crippen LogP contribution in [-0.2, 0) is 0 Å². The molecule has 1 atom stereocenters. The highest BCUT2D eigenvalue weighted by Gasteiger charge is 2.20. The third-order valence-electron chi connectivity index (χ3n) is 8.67. The second-order valence-electron chi connectivity index (χ2n) is 11.2. The average molecular weight is 682 g/mol. The quantitative estimate of drug-likeness (QED) is 0.128. The first kappa shape index (κ1) is 27.8. The van der Waals surface area contributed by atoms with Gasteiger partial charge in [0.2, 0.25) is 0 Å². The van der Waals surface area contributed by atoms with Gasteiger partial charge in [-0.25, -0.2) is 0 Å². The van der Waals surface area contributed by atoms with Crippen molar-refractivity contribution in [1.29, 1.82) is 0 Å². The van der Waals surface area contributed by atoms with Gasteiger partial charge in [0.05, 0.1) is 0 Å². The molecule has 0 saturated carbocycles. The van der Waals surface area contributed by atoms with Gasteiger partial charge in [-0.05, 0) is 111 Å². The minimum absolute atomic E-state index is 0.197. The van der Waals surface area contributed by atoms with Gasteiger partial charge in [0.25, 0.3) is 0 Å². The number of hydrogen-bond donors (Lipinski definition) is 0. The molecule has 7 aromatic rings. The minimum Gasteiger partial charge on any atom is -0.0909 e. The standard InChI is InChI=1S/C41H30Br2/c1-25-13-12-22-28(26(25)2)39(32-17-7-4-14-29(32)27(3)42)35-23-24-36(31-16-6-5-15-30(31)35)40-33-18-8-10-20-37(33)41(43)38-21-11-9-19-34(38)40/h4-24,27H,2H2,1,3H3/b39-28+. The van der Waals surface area contributed by atoms with Crippen LogP contribution in [-0.4, -0.2) is 0 Å². The van der Waals surface area contributed by atoms with Crippen LogP contribution >= 0.6 is 31.9 Å². The fourth-order valence-corrected chi connectivity index (χ4v) is 7.63. The Hall–Kier alpha value is -3.98. The Morgan fingerprint density at radius 3 is 1.79 bits per heavy atom. The molecule has 0 aromatic heterocycles. The fraction of sp³-hybridized carbons (Fsp3) is 0.0732. The van der Waals surface area contributed by atoms with E-state index in [0.717, 1.165) is 14.9 Å². The van der Waals surface area contributed by atoms with Crippen molar-refractivity contribution >= 4 is 76.3 Å². The molecule has 0 radical (unpaired) electrons. The lowest BCUT2D eigenvalue weighted by Crippen LogP contribution is -2.29. The first-order chi connectivity index (χ1) is 21.0. The lowest BCUT2D eigenvalue weighted by atomic mass is 9.84. The van der Waals surface area contributed by atoms with Gasteiger partial charge in [0.15, 0.2) is 0 Å². The van der Waals surface area contributed by atoms with Crippen molar-refractivity contribution in [2.45, 2.75) is 18.7 Å². The summed E-state index contributed by atoms with van der Waals surface area (Å²) in [6.07, 6.45) is 0. The molecule has 0 fully saturated rings. The number of aryl methyl sites for hydroxylation is 1. The summed E-state index contributed by atoms with van der Waals surface area (Å²) >= 11 is 7.83. The molecule has 208 valence electrons. The molecule has 2 heteroatoms. The predicted octanol–water partition coefficient (Wildman–Crippen LogP) is 11.0. The van der Waals surface area contributed by atoms with E-state index in [1.807, 2.05) is 0 Å². The minimum atomic E-state index is 0.197. The Balaban J connectivity index is 1.64. The largest absolute Gasteiger partial charge is 0.0909 e. The maximum absolute atomic E-state index is 4.55. The second-order valence-corrected chi connectivity index (χ2v) is 13.3. The normalized spacial score (nSPS) is 13.0. The summed E-state index contributed by atoms with van der Waals surface area (Å²) in [6.45, 7) is 8.89. The SMILES string of the molecule is C=c1c(C)ccc/c1=C(/c1ccccc1C(C)Br)c1ccc(-c2c3ccccc3c(Br)c3ccccc23)c2ccccc12. The van der Waals surface area contributed by atoms with E-state index >= 15 is 0 Å². The van der Waals surface area contributed by atoms with Crippen LogP contribution in [0.15, 0.2) is 132 Å². The van der Waals surface area contributed by atoms with Crippen LogP contribution < -0.4 is 10.4 Å². The summed E-state index contributed by atoms with van der Waals surface area (Å²) in [5.41, 5.74) is 8.59. The molecule has 43 heavy (non-hydrogen) atoms. The highest BCUT2D eigenvalue weighted by Crippen LogP contribution is 2.45. The van der Waals surface area contributed by atoms with Crippen LogP contribution in [0.2, 0.25) is 0 Å². The zero-order chi connectivity index (χ0) is 29.7. The topological polar surface area (TPSA) is 0 Å². The van der Waals surface area contributed by atoms with Crippen molar-refractivity contribution in [3.63, 3.8) is 0 Å². The van der Waals surface area contributed by atoms with Gasteiger partial charge in [-0.15, -0.1) is 0 Å². The van der Waals surface area contributed by atoms with Crippen molar-refractivity contribution in [2.24, 2.45) is 0 Å². The van der Waals surface area contributed by atoms with Crippen LogP contribution in [0.5, 0.6) is 0 Å². The smallest absolute Gasteiger partial charge is 0.0373 e. The molecule has 0 amide bonds. The molecular weight excluding hydrogens is 652 g/mol. The van der Waals surface area contributed by atoms with Gasteiger partial charge in [0.1, 0.15) is 0 Å². The Labute approximate surface area is 269 Å². The lowest BCUT2D eigenvalue weighted by Gasteiger charge is -2.20. The molecule has 0 nitrogen and oxygen atoms in total. The van der Waals surface area contributed by atoms with Gasteiger partial charge >= 0.3 is 0 Å². The summed E-state index contributed by atoms with van der Waals surface area (Å²) in [7, 11) is 0. The molecule has 1 unspecified atom stereocenters. The van der Waals surface area contributed by atoms with Gasteiger partial charge < -0.3 is 0 Å². The number of fused-ring (bicyclic) bond motifs is 3. The van der Waals surface area contributed by atoms with E-state index in [1.165, 1.54) is 71.3 Å². The van der Waals surface area contributed by atoms with Crippen LogP contribution in [0.1, 0.15) is 34.0 Å². The maximum Gasteiger partial charge on any atom is 0.0373 e. The van der Waals surface area contributed by atoms with E-state index in [0.29, 0.717) is 0 Å². The van der Waals surface area contributed by atoms with Gasteiger partial charge in [-0.2, -0.15) is 0 Å². The molecule has 0 saturated heterocycles. The summed E-state index contributed by atoms with van der Waals surface area (Å²) in [5.74, 6) is 0. The molecular formula is C41H30Br2. The number of alkyl halides is 1. The Morgan fingerprint density at radius 1 is 0.581 bits per heavy atom. The zero-order valence-corrected chi connectivity index (χ0v) is 27.3. The molecule has 7 rings (SSSR count). The predicted molar refractivity (Wildman–Crippen MR) is 193 cm³/mol. The molecule has 0 aliphatic rings. The van der Waals surface area contributed by atoms with Crippen molar-refractivity contribution in [3.8, 4) is 11.1 Å². The van der Waals surface area contributed by atoms with Gasteiger partial charge in [0, 0.05) is 9.30 Å². The van der Waals surface area contributed by atoms with E-state index in [1.54, 1.807) is 0 Å². The third kappa shape index (κ3) is 4.65. The summed E-state index contributed by atoms with van der Waals surface area (Å²) in [5, 5.41) is 9.61. The van der Waals surface area contributed by atoms with Crippen molar-refractivity contribution < 1.29 is 0 Å². The average Bonchev–Trinajstić information content (AvgIpc) is 3.04. The molecule has 0 aliphatic carbocycles. The highest BCUT2D eigenvalue weighted by atomic mass is 79.9. The van der Waals surface area contributed by atoms with E-state index in [9.17, 15) is 0 Å². The van der Waals surface area contributed by atoms with Crippen molar-refractivity contribution in [2.75, 3.05) is 0 Å². The summed E-state index contributed by atoms with van der Waals surface area (Å²) < 4.78 is 1.14. The third-order valence-corrected chi connectivity index (χ3v) is 10.0. The van der Waals surface area contributed by atoms with Crippen LogP contribution in [0, 0.1) is 6.92 Å². The number of hydrogen-bond acceptors (Lipinski definition) is 0. The summed E-state index contributed by atoms with van der Waals surface area (Å²) in [4.78, 5) is 0.197. The van der Waals surface area contributed by atoms with Gasteiger partial charge in [-0.1, -0.05) is 150 Å². The number of halogens is 2. The van der Waals surface area contributed by atoms with Crippen molar-refractivity contribution in [1.82, 2.24) is 0 Å². The summed E-state index contributed by atoms with van der Waals surface area (Å²) in [6, 6.07) is 46.2. The maximum atomic E-state index is 4.55. The van der Waals surface area contributed by atoms with E-state index in [4.69, 9.17) is 0 Å². The zero-order valence-electron chi connectivity index (χ0n) is 24.2. The monoisotopic (exact) mass is 680 g/mol. The fourth-order valence-electron chi connectivity index (χ4n) is 6.54. The van der Waals surface area contributed by atoms with Crippen LogP contribution in [0.25, 0.3) is 55.6 Å².